The fraction of sp³-hybridized carbons (Fsp3) is 0.556. The average Bonchev–Trinajstić information content (AvgIpc) is 2.52. The predicted molar refractivity (Wildman–Crippen MR) is 84.6 cm³/mol. The van der Waals surface area contributed by atoms with Gasteiger partial charge in [-0.1, -0.05) is 44.7 Å². The molecule has 1 aliphatic carbocycles. The van der Waals surface area contributed by atoms with E-state index in [0.29, 0.717) is 11.5 Å². The van der Waals surface area contributed by atoms with Crippen LogP contribution < -0.4 is 0 Å². The molecule has 4 heteroatoms. The summed E-state index contributed by atoms with van der Waals surface area (Å²) in [4.78, 5) is 23.0. The lowest BCUT2D eigenvalue weighted by Gasteiger charge is -2.31. The van der Waals surface area contributed by atoms with E-state index < -0.39 is 11.9 Å². The number of aromatic carboxylic acids is 2. The summed E-state index contributed by atoms with van der Waals surface area (Å²) in [7, 11) is 0. The Kier molecular flexibility index (Phi) is 5.58. The highest BCUT2D eigenvalue weighted by Crippen LogP contribution is 2.40. The van der Waals surface area contributed by atoms with Crippen molar-refractivity contribution in [2.45, 2.75) is 57.8 Å². The Labute approximate surface area is 131 Å². The minimum Gasteiger partial charge on any atom is -0.478 e. The Hall–Kier alpha value is -1.84. The van der Waals surface area contributed by atoms with Gasteiger partial charge in [0.25, 0.3) is 0 Å². The van der Waals surface area contributed by atoms with Crippen molar-refractivity contribution in [1.29, 1.82) is 0 Å². The standard InChI is InChI=1S/C18H24O4/c1-2-7-13(12-8-4-3-5-9-12)14-10-6-11-15(17(19)20)16(14)18(21)22/h6,10-13H,2-5,7-9H2,1H3,(H,19,20)(H,21,22). The summed E-state index contributed by atoms with van der Waals surface area (Å²) in [6, 6.07) is 4.88. The zero-order valence-corrected chi connectivity index (χ0v) is 13.0. The van der Waals surface area contributed by atoms with Crippen molar-refractivity contribution < 1.29 is 19.8 Å². The van der Waals surface area contributed by atoms with Crippen LogP contribution in [0.25, 0.3) is 0 Å². The number of benzene rings is 1. The molecule has 0 aromatic heterocycles. The van der Waals surface area contributed by atoms with E-state index in [2.05, 4.69) is 6.92 Å². The van der Waals surface area contributed by atoms with E-state index in [9.17, 15) is 19.8 Å². The Morgan fingerprint density at radius 1 is 1.14 bits per heavy atom. The third-order valence-corrected chi connectivity index (χ3v) is 4.76. The molecule has 1 aliphatic rings. The molecule has 0 heterocycles. The quantitative estimate of drug-likeness (QED) is 0.808. The molecule has 0 bridgehead atoms. The number of hydrogen-bond donors (Lipinski definition) is 2. The SMILES string of the molecule is CCCC(c1cccc(C(=O)O)c1C(=O)O)C1CCCCC1. The largest absolute Gasteiger partial charge is 0.478 e. The summed E-state index contributed by atoms with van der Waals surface area (Å²) < 4.78 is 0. The average molecular weight is 304 g/mol. The molecule has 1 aromatic carbocycles. The summed E-state index contributed by atoms with van der Waals surface area (Å²) >= 11 is 0. The fourth-order valence-corrected chi connectivity index (χ4v) is 3.79. The third-order valence-electron chi connectivity index (χ3n) is 4.76. The molecule has 2 N–H and O–H groups in total. The summed E-state index contributed by atoms with van der Waals surface area (Å²) in [5.74, 6) is -1.69. The highest BCUT2D eigenvalue weighted by Gasteiger charge is 2.30. The molecule has 0 amide bonds. The predicted octanol–water partition coefficient (Wildman–Crippen LogP) is 4.55. The van der Waals surface area contributed by atoms with Gasteiger partial charge in [-0.05, 0) is 42.7 Å². The first-order chi connectivity index (χ1) is 10.6. The van der Waals surface area contributed by atoms with E-state index >= 15 is 0 Å². The highest BCUT2D eigenvalue weighted by atomic mass is 16.4. The van der Waals surface area contributed by atoms with Crippen molar-refractivity contribution in [3.05, 3.63) is 34.9 Å². The highest BCUT2D eigenvalue weighted by molar-refractivity contribution is 6.02. The topological polar surface area (TPSA) is 74.6 Å². The van der Waals surface area contributed by atoms with Gasteiger partial charge in [-0.15, -0.1) is 0 Å². The maximum atomic E-state index is 11.7. The molecule has 1 unspecified atom stereocenters. The number of hydrogen-bond acceptors (Lipinski definition) is 2. The van der Waals surface area contributed by atoms with E-state index in [4.69, 9.17) is 0 Å². The smallest absolute Gasteiger partial charge is 0.336 e. The number of carbonyl (C=O) groups is 2. The molecule has 0 saturated heterocycles. The second kappa shape index (κ2) is 7.43. The van der Waals surface area contributed by atoms with Gasteiger partial charge < -0.3 is 10.2 Å². The van der Waals surface area contributed by atoms with Crippen LogP contribution >= 0.6 is 0 Å². The molecule has 1 saturated carbocycles. The van der Waals surface area contributed by atoms with E-state index in [0.717, 1.165) is 25.7 Å². The molecule has 2 rings (SSSR count). The first-order valence-corrected chi connectivity index (χ1v) is 8.15. The molecule has 1 atom stereocenters. The minimum atomic E-state index is -1.17. The summed E-state index contributed by atoms with van der Waals surface area (Å²) in [6.07, 6.45) is 7.72. The van der Waals surface area contributed by atoms with Crippen LogP contribution in [0.4, 0.5) is 0 Å². The van der Waals surface area contributed by atoms with Crippen LogP contribution in [0.2, 0.25) is 0 Å². The number of carboxylic acids is 2. The molecule has 0 aliphatic heterocycles. The van der Waals surface area contributed by atoms with Crippen LogP contribution in [-0.2, 0) is 0 Å². The zero-order valence-electron chi connectivity index (χ0n) is 13.0. The van der Waals surface area contributed by atoms with Crippen LogP contribution in [0.15, 0.2) is 18.2 Å². The first-order valence-electron chi connectivity index (χ1n) is 8.15. The van der Waals surface area contributed by atoms with Gasteiger partial charge in [-0.25, -0.2) is 9.59 Å². The van der Waals surface area contributed by atoms with E-state index in [1.807, 2.05) is 6.07 Å². The van der Waals surface area contributed by atoms with E-state index in [-0.39, 0.29) is 17.0 Å². The molecule has 0 spiro atoms. The van der Waals surface area contributed by atoms with Gasteiger partial charge in [-0.2, -0.15) is 0 Å². The molecule has 120 valence electrons. The van der Waals surface area contributed by atoms with Gasteiger partial charge in [-0.3, -0.25) is 0 Å². The lowest BCUT2D eigenvalue weighted by atomic mass is 9.73. The van der Waals surface area contributed by atoms with Gasteiger partial charge >= 0.3 is 11.9 Å². The second-order valence-electron chi connectivity index (χ2n) is 6.17. The molecule has 0 radical (unpaired) electrons. The van der Waals surface area contributed by atoms with Gasteiger partial charge in [0.05, 0.1) is 11.1 Å². The van der Waals surface area contributed by atoms with Crippen molar-refractivity contribution in [1.82, 2.24) is 0 Å². The molecular weight excluding hydrogens is 280 g/mol. The molecule has 22 heavy (non-hydrogen) atoms. The van der Waals surface area contributed by atoms with E-state index in [1.165, 1.54) is 25.3 Å². The van der Waals surface area contributed by atoms with Crippen molar-refractivity contribution in [3.63, 3.8) is 0 Å². The normalized spacial score (nSPS) is 17.1. The van der Waals surface area contributed by atoms with Gasteiger partial charge in [0.15, 0.2) is 0 Å². The Morgan fingerprint density at radius 3 is 2.36 bits per heavy atom. The molecular formula is C18H24O4. The zero-order chi connectivity index (χ0) is 16.1. The van der Waals surface area contributed by atoms with Crippen molar-refractivity contribution >= 4 is 11.9 Å². The number of rotatable bonds is 6. The Balaban J connectivity index is 2.48. The maximum absolute atomic E-state index is 11.7. The van der Waals surface area contributed by atoms with E-state index in [1.54, 1.807) is 6.07 Å². The minimum absolute atomic E-state index is 0.0148. The van der Waals surface area contributed by atoms with Gasteiger partial charge in [0.1, 0.15) is 0 Å². The summed E-state index contributed by atoms with van der Waals surface area (Å²) in [5, 5.41) is 18.8. The third kappa shape index (κ3) is 3.49. The maximum Gasteiger partial charge on any atom is 0.336 e. The van der Waals surface area contributed by atoms with Crippen LogP contribution in [0.3, 0.4) is 0 Å². The lowest BCUT2D eigenvalue weighted by Crippen LogP contribution is -2.21. The molecule has 1 fully saturated rings. The first kappa shape index (κ1) is 16.5. The summed E-state index contributed by atoms with van der Waals surface area (Å²) in [5.41, 5.74) is 0.599. The van der Waals surface area contributed by atoms with Crippen LogP contribution in [0.1, 0.15) is 84.1 Å². The van der Waals surface area contributed by atoms with Gasteiger partial charge in [0.2, 0.25) is 0 Å². The molecule has 4 nitrogen and oxygen atoms in total. The van der Waals surface area contributed by atoms with Crippen LogP contribution in [0, 0.1) is 5.92 Å². The fourth-order valence-electron chi connectivity index (χ4n) is 3.79. The molecule has 1 aromatic rings. The van der Waals surface area contributed by atoms with Crippen molar-refractivity contribution in [3.8, 4) is 0 Å². The Bertz CT molecular complexity index is 544. The monoisotopic (exact) mass is 304 g/mol. The van der Waals surface area contributed by atoms with Crippen molar-refractivity contribution in [2.24, 2.45) is 5.92 Å². The van der Waals surface area contributed by atoms with Crippen LogP contribution in [0.5, 0.6) is 0 Å². The lowest BCUT2D eigenvalue weighted by molar-refractivity contribution is 0.0649. The van der Waals surface area contributed by atoms with Gasteiger partial charge in [0, 0.05) is 0 Å². The van der Waals surface area contributed by atoms with Crippen molar-refractivity contribution in [2.75, 3.05) is 0 Å². The van der Waals surface area contributed by atoms with Crippen LogP contribution in [-0.4, -0.2) is 22.2 Å². The number of carboxylic acid groups (broad SMARTS) is 2. The summed E-state index contributed by atoms with van der Waals surface area (Å²) in [6.45, 7) is 2.09. The Morgan fingerprint density at radius 2 is 1.82 bits per heavy atom. The second-order valence-corrected chi connectivity index (χ2v) is 6.17.